The molecule has 0 aromatic rings. The van der Waals surface area contributed by atoms with E-state index in [1.807, 2.05) is 0 Å². The highest BCUT2D eigenvalue weighted by Gasteiger charge is 2.07. The Hall–Kier alpha value is -0.900. The minimum atomic E-state index is -0.472. The smallest absolute Gasteiger partial charge is 0.287 e. The molecule has 0 rings (SSSR count). The summed E-state index contributed by atoms with van der Waals surface area (Å²) in [6.45, 7) is 3.96. The second-order valence-corrected chi connectivity index (χ2v) is 1.64. The van der Waals surface area contributed by atoms with Crippen molar-refractivity contribution in [1.29, 1.82) is 0 Å². The summed E-state index contributed by atoms with van der Waals surface area (Å²) in [5.74, 6) is -0.822. The third kappa shape index (κ3) is 4.03. The van der Waals surface area contributed by atoms with E-state index in [0.717, 1.165) is 0 Å². The second-order valence-electron chi connectivity index (χ2n) is 1.64. The summed E-state index contributed by atoms with van der Waals surface area (Å²) in [4.78, 5) is 21.0. The van der Waals surface area contributed by atoms with Gasteiger partial charge in [-0.3, -0.25) is 9.59 Å². The molecular weight excluding hydrogens is 134 g/mol. The topological polar surface area (TPSA) is 77.7 Å². The summed E-state index contributed by atoms with van der Waals surface area (Å²) in [6, 6.07) is 0. The zero-order valence-corrected chi connectivity index (χ0v) is 6.23. The van der Waals surface area contributed by atoms with Gasteiger partial charge < -0.3 is 10.8 Å². The number of nitrogens with one attached hydrogen (secondary N) is 1. The highest BCUT2D eigenvalue weighted by molar-refractivity contribution is 6.36. The average Bonchev–Trinajstić information content (AvgIpc) is 1.87. The van der Waals surface area contributed by atoms with Gasteiger partial charge in [-0.1, -0.05) is 6.92 Å². The van der Waals surface area contributed by atoms with Crippen LogP contribution in [0.1, 0.15) is 20.3 Å². The van der Waals surface area contributed by atoms with E-state index in [2.05, 4.69) is 5.32 Å². The summed E-state index contributed by atoms with van der Waals surface area (Å²) < 4.78 is 0. The first-order valence-corrected chi connectivity index (χ1v) is 3.03. The molecule has 10 heavy (non-hydrogen) atoms. The Labute approximate surface area is 59.9 Å². The van der Waals surface area contributed by atoms with Crippen LogP contribution < -0.4 is 5.32 Å². The van der Waals surface area contributed by atoms with E-state index in [1.54, 1.807) is 13.8 Å². The number of hydrogen-bond acceptors (Lipinski definition) is 2. The van der Waals surface area contributed by atoms with Crippen LogP contribution in [0.4, 0.5) is 0 Å². The highest BCUT2D eigenvalue weighted by atomic mass is 16.2. The Morgan fingerprint density at radius 1 is 1.30 bits per heavy atom. The predicted molar refractivity (Wildman–Crippen MR) is 37.6 cm³/mol. The molecule has 0 saturated heterocycles. The maximum atomic E-state index is 10.5. The molecule has 0 radical (unpaired) electrons. The molecule has 1 amide bonds. The molecule has 4 nitrogen and oxygen atoms in total. The lowest BCUT2D eigenvalue weighted by Crippen LogP contribution is -2.29. The first-order valence-electron chi connectivity index (χ1n) is 3.03. The lowest BCUT2D eigenvalue weighted by atomic mass is 10.3. The Balaban J connectivity index is 0. The molecule has 0 heterocycles. The molecule has 0 aliphatic rings. The van der Waals surface area contributed by atoms with Gasteiger partial charge in [-0.25, -0.2) is 0 Å². The lowest BCUT2D eigenvalue weighted by molar-refractivity contribution is -0.137. The van der Waals surface area contributed by atoms with Crippen LogP contribution in [0.2, 0.25) is 0 Å². The van der Waals surface area contributed by atoms with E-state index >= 15 is 0 Å². The molecule has 0 aliphatic carbocycles. The predicted octanol–water partition coefficient (Wildman–Crippen LogP) is -0.723. The van der Waals surface area contributed by atoms with Crippen molar-refractivity contribution >= 4 is 11.7 Å². The van der Waals surface area contributed by atoms with Gasteiger partial charge in [0.25, 0.3) is 5.91 Å². The fourth-order valence-electron chi connectivity index (χ4n) is 0.420. The van der Waals surface area contributed by atoms with E-state index < -0.39 is 5.91 Å². The van der Waals surface area contributed by atoms with Crippen LogP contribution in [0.3, 0.4) is 0 Å². The van der Waals surface area contributed by atoms with Crippen molar-refractivity contribution in [3.05, 3.63) is 0 Å². The van der Waals surface area contributed by atoms with Gasteiger partial charge in [0.2, 0.25) is 5.78 Å². The summed E-state index contributed by atoms with van der Waals surface area (Å²) in [7, 11) is 0. The SMILES string of the molecule is CCNC(=O)C(=O)CC.O. The lowest BCUT2D eigenvalue weighted by Gasteiger charge is -1.95. The van der Waals surface area contributed by atoms with Crippen LogP contribution in [-0.4, -0.2) is 23.7 Å². The number of hydrogen-bond donors (Lipinski definition) is 1. The molecule has 0 aliphatic heterocycles. The van der Waals surface area contributed by atoms with E-state index in [1.165, 1.54) is 0 Å². The number of carbonyl (C=O) groups excluding carboxylic acids is 2. The van der Waals surface area contributed by atoms with E-state index in [-0.39, 0.29) is 17.7 Å². The Morgan fingerprint density at radius 2 is 1.80 bits per heavy atom. The van der Waals surface area contributed by atoms with Gasteiger partial charge in [-0.2, -0.15) is 0 Å². The Morgan fingerprint density at radius 3 is 2.10 bits per heavy atom. The molecular formula is C6H13NO3. The van der Waals surface area contributed by atoms with Crippen molar-refractivity contribution in [3.63, 3.8) is 0 Å². The summed E-state index contributed by atoms with van der Waals surface area (Å²) in [5, 5.41) is 2.41. The van der Waals surface area contributed by atoms with E-state index in [0.29, 0.717) is 6.54 Å². The number of carbonyl (C=O) groups is 2. The summed E-state index contributed by atoms with van der Waals surface area (Å²) in [5.41, 5.74) is 0. The number of Topliss-reactive ketones (excluding diaryl/α,β-unsaturated/α-hetero) is 1. The summed E-state index contributed by atoms with van der Waals surface area (Å²) in [6.07, 6.45) is 0.284. The first-order chi connectivity index (χ1) is 4.22. The molecule has 3 N–H and O–H groups in total. The fraction of sp³-hybridized carbons (Fsp3) is 0.667. The van der Waals surface area contributed by atoms with E-state index in [4.69, 9.17) is 0 Å². The van der Waals surface area contributed by atoms with Gasteiger partial charge in [0.1, 0.15) is 0 Å². The third-order valence-corrected chi connectivity index (χ3v) is 0.912. The molecule has 0 aromatic carbocycles. The molecule has 0 aromatic heterocycles. The molecule has 0 unspecified atom stereocenters. The van der Waals surface area contributed by atoms with Crippen LogP contribution >= 0.6 is 0 Å². The van der Waals surface area contributed by atoms with Gasteiger partial charge >= 0.3 is 0 Å². The maximum absolute atomic E-state index is 10.5. The standard InChI is InChI=1S/C6H11NO2.H2O/c1-3-5(8)6(9)7-4-2;/h3-4H2,1-2H3,(H,7,9);1H2. The maximum Gasteiger partial charge on any atom is 0.287 e. The van der Waals surface area contributed by atoms with Crippen LogP contribution in [0.15, 0.2) is 0 Å². The normalized spacial score (nSPS) is 7.80. The van der Waals surface area contributed by atoms with Crippen LogP contribution in [0.25, 0.3) is 0 Å². The van der Waals surface area contributed by atoms with Crippen molar-refractivity contribution in [2.75, 3.05) is 6.54 Å². The van der Waals surface area contributed by atoms with Crippen molar-refractivity contribution in [1.82, 2.24) is 5.32 Å². The number of amides is 1. The van der Waals surface area contributed by atoms with Crippen molar-refractivity contribution in [2.45, 2.75) is 20.3 Å². The number of ketones is 1. The van der Waals surface area contributed by atoms with Crippen molar-refractivity contribution in [2.24, 2.45) is 0 Å². The minimum Gasteiger partial charge on any atom is -0.412 e. The van der Waals surface area contributed by atoms with Crippen molar-refractivity contribution in [3.8, 4) is 0 Å². The fourth-order valence-corrected chi connectivity index (χ4v) is 0.420. The molecule has 60 valence electrons. The first kappa shape index (κ1) is 11.8. The van der Waals surface area contributed by atoms with Crippen molar-refractivity contribution < 1.29 is 15.1 Å². The molecule has 0 bridgehead atoms. The number of rotatable bonds is 3. The van der Waals surface area contributed by atoms with Gasteiger partial charge in [-0.05, 0) is 6.92 Å². The van der Waals surface area contributed by atoms with Gasteiger partial charge in [0.05, 0.1) is 0 Å². The number of likely N-dealkylation sites (N-methyl/N-ethyl adjacent to an activating group) is 1. The molecule has 0 atom stereocenters. The Bertz CT molecular complexity index is 122. The second kappa shape index (κ2) is 6.22. The van der Waals surface area contributed by atoms with Crippen LogP contribution in [0.5, 0.6) is 0 Å². The molecule has 0 saturated carbocycles. The molecule has 0 fully saturated rings. The highest BCUT2D eigenvalue weighted by Crippen LogP contribution is 1.78. The quantitative estimate of drug-likeness (QED) is 0.534. The van der Waals surface area contributed by atoms with Crippen LogP contribution in [-0.2, 0) is 9.59 Å². The van der Waals surface area contributed by atoms with Gasteiger partial charge in [0.15, 0.2) is 0 Å². The molecule has 0 spiro atoms. The molecule has 4 heteroatoms. The monoisotopic (exact) mass is 147 g/mol. The van der Waals surface area contributed by atoms with Gasteiger partial charge in [-0.15, -0.1) is 0 Å². The largest absolute Gasteiger partial charge is 0.412 e. The van der Waals surface area contributed by atoms with Crippen LogP contribution in [0, 0.1) is 0 Å². The zero-order chi connectivity index (χ0) is 7.28. The van der Waals surface area contributed by atoms with Gasteiger partial charge in [0, 0.05) is 13.0 Å². The third-order valence-electron chi connectivity index (χ3n) is 0.912. The average molecular weight is 147 g/mol. The Kier molecular flexibility index (Phi) is 7.37. The summed E-state index contributed by atoms with van der Waals surface area (Å²) >= 11 is 0. The van der Waals surface area contributed by atoms with E-state index in [9.17, 15) is 9.59 Å². The zero-order valence-electron chi connectivity index (χ0n) is 6.23. The minimum absolute atomic E-state index is 0.